The van der Waals surface area contributed by atoms with E-state index in [1.165, 1.54) is 13.1 Å². The predicted octanol–water partition coefficient (Wildman–Crippen LogP) is 1.23. The van der Waals surface area contributed by atoms with Crippen molar-refractivity contribution in [2.45, 2.75) is 37.0 Å². The predicted molar refractivity (Wildman–Crippen MR) is 112 cm³/mol. The number of urea groups is 2. The Morgan fingerprint density at radius 3 is 2.71 bits per heavy atom. The third-order valence-corrected chi connectivity index (χ3v) is 6.72. The second kappa shape index (κ2) is 9.38. The molecule has 10 nitrogen and oxygen atoms in total. The minimum atomic E-state index is -4.06. The smallest absolute Gasteiger partial charge is 0.328 e. The van der Waals surface area contributed by atoms with E-state index in [1.807, 2.05) is 11.6 Å². The Morgan fingerprint density at radius 2 is 2.06 bits per heavy atom. The number of nitrogens with one attached hydrogen (secondary N) is 3. The van der Waals surface area contributed by atoms with Crippen molar-refractivity contribution < 1.29 is 27.5 Å². The fourth-order valence-electron chi connectivity index (χ4n) is 3.65. The number of hydrogen-bond donors (Lipinski definition) is 3. The number of carbonyl (C=O) groups is 3. The van der Waals surface area contributed by atoms with E-state index in [1.54, 1.807) is 18.2 Å². The summed E-state index contributed by atoms with van der Waals surface area (Å²) in [4.78, 5) is 36.5. The van der Waals surface area contributed by atoms with Crippen LogP contribution in [0.15, 0.2) is 29.2 Å². The van der Waals surface area contributed by atoms with Crippen LogP contribution in [0.3, 0.4) is 0 Å². The molecule has 168 valence electrons. The average Bonchev–Trinajstić information content (AvgIpc) is 3.18. The lowest BCUT2D eigenvalue weighted by molar-refractivity contribution is -0.122. The van der Waals surface area contributed by atoms with E-state index in [0.29, 0.717) is 49.3 Å². The van der Waals surface area contributed by atoms with Crippen LogP contribution in [0.25, 0.3) is 0 Å². The molecule has 1 unspecified atom stereocenters. The van der Waals surface area contributed by atoms with Crippen LogP contribution in [-0.4, -0.2) is 58.0 Å². The number of rotatable bonds is 6. The lowest BCUT2D eigenvalue weighted by Crippen LogP contribution is -2.41. The standard InChI is InChI=1S/C20H26N4O6S/c1-3-13-11-16-15(12-17(13)31(28,29)23-19(26)21-2)14(7-10-30-16)6-8-22-20(27)24-9-4-5-18(24)25/h4-5,11-12,14H,3,6-10H2,1-2H3,(H,22,27)(H2,21,23,26). The molecular weight excluding hydrogens is 424 g/mol. The zero-order valence-corrected chi connectivity index (χ0v) is 18.3. The molecule has 0 saturated carbocycles. The third kappa shape index (κ3) is 4.98. The second-order valence-electron chi connectivity index (χ2n) is 7.24. The number of imide groups is 1. The molecule has 3 rings (SSSR count). The van der Waals surface area contributed by atoms with Gasteiger partial charge in [0.25, 0.3) is 15.9 Å². The summed E-state index contributed by atoms with van der Waals surface area (Å²) in [6, 6.07) is 1.98. The summed E-state index contributed by atoms with van der Waals surface area (Å²) in [6.45, 7) is 2.88. The zero-order chi connectivity index (χ0) is 22.6. The summed E-state index contributed by atoms with van der Waals surface area (Å²) in [7, 11) is -2.73. The SMILES string of the molecule is CCc1cc2c(cc1S(=O)(=O)NC(=O)NC)C(CCNC(=O)N1CC=CC1=O)CCO2. The number of aryl methyl sites for hydroxylation is 1. The van der Waals surface area contributed by atoms with Crippen molar-refractivity contribution in [2.75, 3.05) is 26.7 Å². The summed E-state index contributed by atoms with van der Waals surface area (Å²) >= 11 is 0. The van der Waals surface area contributed by atoms with Gasteiger partial charge in [0.15, 0.2) is 0 Å². The highest BCUT2D eigenvalue weighted by Crippen LogP contribution is 2.38. The van der Waals surface area contributed by atoms with E-state index in [-0.39, 0.29) is 23.3 Å². The van der Waals surface area contributed by atoms with Gasteiger partial charge in [-0.3, -0.25) is 9.69 Å². The molecule has 0 bridgehead atoms. The molecule has 0 aliphatic carbocycles. The van der Waals surface area contributed by atoms with Crippen LogP contribution in [-0.2, 0) is 21.2 Å². The highest BCUT2D eigenvalue weighted by atomic mass is 32.2. The van der Waals surface area contributed by atoms with Crippen molar-refractivity contribution in [1.82, 2.24) is 20.3 Å². The van der Waals surface area contributed by atoms with E-state index in [9.17, 15) is 22.8 Å². The van der Waals surface area contributed by atoms with Gasteiger partial charge in [-0.15, -0.1) is 0 Å². The van der Waals surface area contributed by atoms with Crippen LogP contribution in [0, 0.1) is 0 Å². The lowest BCUT2D eigenvalue weighted by atomic mass is 9.89. The maximum atomic E-state index is 12.7. The summed E-state index contributed by atoms with van der Waals surface area (Å²) in [5.74, 6) is 0.216. The number of carbonyl (C=O) groups excluding carboxylic acids is 3. The lowest BCUT2D eigenvalue weighted by Gasteiger charge is -2.28. The maximum Gasteiger partial charge on any atom is 0.328 e. The van der Waals surface area contributed by atoms with Gasteiger partial charge in [-0.05, 0) is 48.4 Å². The molecule has 2 aliphatic heterocycles. The van der Waals surface area contributed by atoms with Gasteiger partial charge in [0.1, 0.15) is 5.75 Å². The molecule has 0 aromatic heterocycles. The van der Waals surface area contributed by atoms with Crippen LogP contribution in [0.1, 0.15) is 36.8 Å². The first-order valence-electron chi connectivity index (χ1n) is 10.1. The van der Waals surface area contributed by atoms with Crippen molar-refractivity contribution in [3.8, 4) is 5.75 Å². The Balaban J connectivity index is 1.77. The van der Waals surface area contributed by atoms with Crippen LogP contribution in [0.2, 0.25) is 0 Å². The van der Waals surface area contributed by atoms with E-state index in [4.69, 9.17) is 4.74 Å². The molecule has 31 heavy (non-hydrogen) atoms. The average molecular weight is 451 g/mol. The minimum Gasteiger partial charge on any atom is -0.493 e. The van der Waals surface area contributed by atoms with Gasteiger partial charge in [0.05, 0.1) is 11.5 Å². The van der Waals surface area contributed by atoms with E-state index in [2.05, 4.69) is 10.6 Å². The Morgan fingerprint density at radius 1 is 1.29 bits per heavy atom. The first-order valence-corrected chi connectivity index (χ1v) is 11.5. The zero-order valence-electron chi connectivity index (χ0n) is 17.4. The first-order chi connectivity index (χ1) is 14.8. The molecule has 0 spiro atoms. The van der Waals surface area contributed by atoms with Gasteiger partial charge in [-0.1, -0.05) is 13.0 Å². The highest BCUT2D eigenvalue weighted by Gasteiger charge is 2.28. The number of fused-ring (bicyclic) bond motifs is 1. The second-order valence-corrected chi connectivity index (χ2v) is 8.89. The summed E-state index contributed by atoms with van der Waals surface area (Å²) in [6.07, 6.45) is 4.62. The normalized spacial score (nSPS) is 17.7. The fourth-order valence-corrected chi connectivity index (χ4v) is 4.94. The van der Waals surface area contributed by atoms with E-state index < -0.39 is 22.1 Å². The monoisotopic (exact) mass is 450 g/mol. The summed E-state index contributed by atoms with van der Waals surface area (Å²) in [5.41, 5.74) is 1.26. The van der Waals surface area contributed by atoms with Crippen molar-refractivity contribution >= 4 is 28.0 Å². The van der Waals surface area contributed by atoms with Gasteiger partial charge in [-0.2, -0.15) is 0 Å². The number of nitrogens with zero attached hydrogens (tertiary/aromatic N) is 1. The number of amides is 5. The maximum absolute atomic E-state index is 12.7. The Labute approximate surface area is 181 Å². The Hall–Kier alpha value is -3.08. The van der Waals surface area contributed by atoms with E-state index >= 15 is 0 Å². The Bertz CT molecular complexity index is 1020. The van der Waals surface area contributed by atoms with Gasteiger partial charge in [0.2, 0.25) is 0 Å². The molecule has 1 aromatic rings. The van der Waals surface area contributed by atoms with Crippen molar-refractivity contribution in [2.24, 2.45) is 0 Å². The van der Waals surface area contributed by atoms with Crippen molar-refractivity contribution in [3.05, 3.63) is 35.4 Å². The largest absolute Gasteiger partial charge is 0.493 e. The van der Waals surface area contributed by atoms with Crippen LogP contribution >= 0.6 is 0 Å². The van der Waals surface area contributed by atoms with Crippen molar-refractivity contribution in [3.63, 3.8) is 0 Å². The van der Waals surface area contributed by atoms with E-state index in [0.717, 1.165) is 4.90 Å². The molecule has 1 aromatic carbocycles. The van der Waals surface area contributed by atoms with Gasteiger partial charge < -0.3 is 15.4 Å². The molecule has 11 heteroatoms. The van der Waals surface area contributed by atoms with Gasteiger partial charge in [0, 0.05) is 26.2 Å². The quantitative estimate of drug-likeness (QED) is 0.597. The topological polar surface area (TPSA) is 134 Å². The first kappa shape index (κ1) is 22.6. The summed E-state index contributed by atoms with van der Waals surface area (Å²) < 4.78 is 33.2. The molecule has 2 aliphatic rings. The van der Waals surface area contributed by atoms with Crippen LogP contribution in [0.5, 0.6) is 5.75 Å². The van der Waals surface area contributed by atoms with Crippen LogP contribution in [0.4, 0.5) is 9.59 Å². The molecule has 1 atom stereocenters. The highest BCUT2D eigenvalue weighted by molar-refractivity contribution is 7.90. The molecular formula is C20H26N4O6S. The van der Waals surface area contributed by atoms with Gasteiger partial charge >= 0.3 is 12.1 Å². The molecule has 3 N–H and O–H groups in total. The number of ether oxygens (including phenoxy) is 1. The minimum absolute atomic E-state index is 0.0330. The molecule has 5 amide bonds. The number of hydrogen-bond acceptors (Lipinski definition) is 6. The van der Waals surface area contributed by atoms with Gasteiger partial charge in [-0.25, -0.2) is 22.7 Å². The molecule has 0 saturated heterocycles. The summed E-state index contributed by atoms with van der Waals surface area (Å²) in [5, 5.41) is 4.97. The molecule has 0 radical (unpaired) electrons. The number of sulfonamides is 1. The van der Waals surface area contributed by atoms with Crippen molar-refractivity contribution in [1.29, 1.82) is 0 Å². The fraction of sp³-hybridized carbons (Fsp3) is 0.450. The third-order valence-electron chi connectivity index (χ3n) is 5.31. The van der Waals surface area contributed by atoms with Crippen LogP contribution < -0.4 is 20.1 Å². The molecule has 2 heterocycles. The Kier molecular flexibility index (Phi) is 6.84. The molecule has 0 fully saturated rings. The number of benzene rings is 1.